The number of aromatic nitrogens is 4. The zero-order valence-corrected chi connectivity index (χ0v) is 36.8. The number of rotatable bonds is 8. The fourth-order valence-corrected chi connectivity index (χ4v) is 9.78. The van der Waals surface area contributed by atoms with Crippen molar-refractivity contribution in [3.05, 3.63) is 243 Å². The highest BCUT2D eigenvalue weighted by Crippen LogP contribution is 2.41. The van der Waals surface area contributed by atoms with Crippen molar-refractivity contribution in [1.29, 1.82) is 0 Å². The fraction of sp³-hybridized carbons (Fsp3) is 0. The van der Waals surface area contributed by atoms with E-state index >= 15 is 0 Å². The summed E-state index contributed by atoms with van der Waals surface area (Å²) in [5, 5.41) is 4.59. The van der Waals surface area contributed by atoms with E-state index < -0.39 is 0 Å². The summed E-state index contributed by atoms with van der Waals surface area (Å²) in [6.07, 6.45) is 0. The molecule has 318 valence electrons. The Balaban J connectivity index is 1.00. The molecule has 13 aromatic rings. The van der Waals surface area contributed by atoms with Crippen LogP contribution >= 0.6 is 0 Å². The molecule has 0 fully saturated rings. The Labute approximate surface area is 392 Å². The first-order valence-corrected chi connectivity index (χ1v) is 22.9. The van der Waals surface area contributed by atoms with Gasteiger partial charge in [0.15, 0.2) is 17.5 Å². The van der Waals surface area contributed by atoms with Gasteiger partial charge in [0.05, 0.1) is 11.0 Å². The molecule has 10 aromatic carbocycles. The summed E-state index contributed by atoms with van der Waals surface area (Å²) in [6, 6.07) is 85.2. The summed E-state index contributed by atoms with van der Waals surface area (Å²) in [6.45, 7) is 0. The molecule has 0 saturated carbocycles. The Bertz CT molecular complexity index is 4010. The molecule has 5 nitrogen and oxygen atoms in total. The third kappa shape index (κ3) is 6.84. The van der Waals surface area contributed by atoms with Gasteiger partial charge in [-0.1, -0.05) is 200 Å². The summed E-state index contributed by atoms with van der Waals surface area (Å²) in [5.74, 6) is 1.80. The molecule has 0 N–H and O–H groups in total. The van der Waals surface area contributed by atoms with Gasteiger partial charge in [-0.2, -0.15) is 0 Å². The highest BCUT2D eigenvalue weighted by Gasteiger charge is 2.21. The topological polar surface area (TPSA) is 56.7 Å². The van der Waals surface area contributed by atoms with E-state index in [0.717, 1.165) is 99.9 Å². The lowest BCUT2D eigenvalue weighted by atomic mass is 9.97. The molecule has 0 aliphatic carbocycles. The van der Waals surface area contributed by atoms with Gasteiger partial charge in [-0.15, -0.1) is 0 Å². The Kier molecular flexibility index (Phi) is 9.43. The van der Waals surface area contributed by atoms with E-state index in [9.17, 15) is 0 Å². The van der Waals surface area contributed by atoms with Crippen LogP contribution in [-0.2, 0) is 0 Å². The minimum absolute atomic E-state index is 0.594. The predicted octanol–water partition coefficient (Wildman–Crippen LogP) is 16.5. The average Bonchev–Trinajstić information content (AvgIpc) is 3.97. The molecule has 0 spiro atoms. The Hall–Kier alpha value is -9.19. The summed E-state index contributed by atoms with van der Waals surface area (Å²) in [7, 11) is 0. The van der Waals surface area contributed by atoms with Crippen molar-refractivity contribution in [2.24, 2.45) is 0 Å². The largest absolute Gasteiger partial charge is 0.455 e. The molecule has 0 radical (unpaired) electrons. The first-order chi connectivity index (χ1) is 33.7. The highest BCUT2D eigenvalue weighted by molar-refractivity contribution is 6.13. The van der Waals surface area contributed by atoms with E-state index in [1.807, 2.05) is 24.3 Å². The molecule has 0 atom stereocenters. The average molecular weight is 869 g/mol. The van der Waals surface area contributed by atoms with Crippen molar-refractivity contribution in [3.8, 4) is 84.4 Å². The van der Waals surface area contributed by atoms with E-state index in [2.05, 4.69) is 223 Å². The van der Waals surface area contributed by atoms with Gasteiger partial charge in [0.25, 0.3) is 0 Å². The minimum atomic E-state index is 0.594. The molecule has 0 aliphatic heterocycles. The van der Waals surface area contributed by atoms with E-state index in [-0.39, 0.29) is 0 Å². The van der Waals surface area contributed by atoms with Crippen LogP contribution in [-0.4, -0.2) is 19.5 Å². The maximum Gasteiger partial charge on any atom is 0.164 e. The number of benzene rings is 10. The van der Waals surface area contributed by atoms with Gasteiger partial charge in [-0.25, -0.2) is 15.0 Å². The van der Waals surface area contributed by atoms with Crippen molar-refractivity contribution in [3.63, 3.8) is 0 Å². The Morgan fingerprint density at radius 2 is 0.824 bits per heavy atom. The predicted molar refractivity (Wildman–Crippen MR) is 279 cm³/mol. The van der Waals surface area contributed by atoms with Gasteiger partial charge in [0.1, 0.15) is 11.2 Å². The lowest BCUT2D eigenvalue weighted by Crippen LogP contribution is -2.02. The maximum absolute atomic E-state index is 6.54. The molecular weight excluding hydrogens is 829 g/mol. The molecular formula is C63H40N4O. The van der Waals surface area contributed by atoms with Crippen LogP contribution in [0.15, 0.2) is 247 Å². The Morgan fingerprint density at radius 1 is 0.279 bits per heavy atom. The molecule has 3 aromatic heterocycles. The third-order valence-corrected chi connectivity index (χ3v) is 13.1. The molecule has 5 heteroatoms. The van der Waals surface area contributed by atoms with E-state index in [1.54, 1.807) is 0 Å². The van der Waals surface area contributed by atoms with Crippen LogP contribution in [0.4, 0.5) is 0 Å². The van der Waals surface area contributed by atoms with Crippen LogP contribution in [0.2, 0.25) is 0 Å². The van der Waals surface area contributed by atoms with Crippen molar-refractivity contribution >= 4 is 43.7 Å². The number of furan rings is 1. The van der Waals surface area contributed by atoms with Crippen molar-refractivity contribution in [2.75, 3.05) is 0 Å². The summed E-state index contributed by atoms with van der Waals surface area (Å²) >= 11 is 0. The number of fused-ring (bicyclic) bond motifs is 6. The SMILES string of the molecule is c1ccc(-c2ccc(-c3nc(-c4cccc(-c5ccccc5)c4)nc(-c4ccc(-n5c6ccccc6c6ccc(-c7cccc8c7oc7ccccc78)cc65)cc4-c4ccccc4)n3)cc2)cc1. The molecule has 13 rings (SSSR count). The number of hydrogen-bond donors (Lipinski definition) is 0. The smallest absolute Gasteiger partial charge is 0.164 e. The zero-order chi connectivity index (χ0) is 45.0. The molecule has 0 saturated heterocycles. The van der Waals surface area contributed by atoms with Gasteiger partial charge < -0.3 is 8.98 Å². The quantitative estimate of drug-likeness (QED) is 0.153. The first kappa shape index (κ1) is 39.2. The molecule has 0 aliphatic rings. The molecule has 0 amide bonds. The van der Waals surface area contributed by atoms with Crippen molar-refractivity contribution < 1.29 is 4.42 Å². The van der Waals surface area contributed by atoms with Gasteiger partial charge >= 0.3 is 0 Å². The molecule has 0 bridgehead atoms. The number of hydrogen-bond acceptors (Lipinski definition) is 4. The van der Waals surface area contributed by atoms with E-state index in [4.69, 9.17) is 19.4 Å². The maximum atomic E-state index is 6.54. The number of nitrogens with zero attached hydrogens (tertiary/aromatic N) is 4. The van der Waals surface area contributed by atoms with Gasteiger partial charge in [0, 0.05) is 49.5 Å². The second kappa shape index (κ2) is 16.4. The molecule has 0 unspecified atom stereocenters. The van der Waals surface area contributed by atoms with Crippen LogP contribution < -0.4 is 0 Å². The van der Waals surface area contributed by atoms with Crippen molar-refractivity contribution in [2.45, 2.75) is 0 Å². The van der Waals surface area contributed by atoms with Crippen LogP contribution in [0, 0.1) is 0 Å². The number of para-hydroxylation sites is 3. The van der Waals surface area contributed by atoms with Crippen LogP contribution in [0.5, 0.6) is 0 Å². The monoisotopic (exact) mass is 868 g/mol. The van der Waals surface area contributed by atoms with Gasteiger partial charge in [-0.05, 0) is 81.4 Å². The van der Waals surface area contributed by atoms with E-state index in [0.29, 0.717) is 17.5 Å². The fourth-order valence-electron chi connectivity index (χ4n) is 9.78. The summed E-state index contributed by atoms with van der Waals surface area (Å²) < 4.78 is 8.93. The van der Waals surface area contributed by atoms with E-state index in [1.165, 1.54) is 10.8 Å². The standard InChI is InChI=1S/C63H40N4O/c1-4-16-41(17-5-1)43-30-32-45(33-31-43)61-64-62(48-23-14-22-46(38-48)42-18-6-2-7-19-42)66-63(65-61)55-37-35-49(40-56(55)44-20-8-3-9-21-44)67-57-28-12-10-24-51(57)52-36-34-47(39-58(52)67)50-26-15-27-54-53-25-11-13-29-59(53)68-60(50)54/h1-40H. The minimum Gasteiger partial charge on any atom is -0.455 e. The van der Waals surface area contributed by atoms with Crippen LogP contribution in [0.25, 0.3) is 128 Å². The lowest BCUT2D eigenvalue weighted by molar-refractivity contribution is 0.670. The second-order valence-corrected chi connectivity index (χ2v) is 17.2. The van der Waals surface area contributed by atoms with Crippen molar-refractivity contribution in [1.82, 2.24) is 19.5 Å². The third-order valence-electron chi connectivity index (χ3n) is 13.1. The molecule has 68 heavy (non-hydrogen) atoms. The van der Waals surface area contributed by atoms with Gasteiger partial charge in [-0.3, -0.25) is 0 Å². The van der Waals surface area contributed by atoms with Gasteiger partial charge in [0.2, 0.25) is 0 Å². The second-order valence-electron chi connectivity index (χ2n) is 17.2. The van der Waals surface area contributed by atoms with Crippen LogP contribution in [0.3, 0.4) is 0 Å². The first-order valence-electron chi connectivity index (χ1n) is 22.9. The highest BCUT2D eigenvalue weighted by atomic mass is 16.3. The Morgan fingerprint density at radius 3 is 1.60 bits per heavy atom. The lowest BCUT2D eigenvalue weighted by Gasteiger charge is -2.16. The molecule has 3 heterocycles. The summed E-state index contributed by atoms with van der Waals surface area (Å²) in [4.78, 5) is 15.8. The normalized spacial score (nSPS) is 11.5. The van der Waals surface area contributed by atoms with Crippen LogP contribution in [0.1, 0.15) is 0 Å². The summed E-state index contributed by atoms with van der Waals surface area (Å²) in [5.41, 5.74) is 16.5. The zero-order valence-electron chi connectivity index (χ0n) is 36.8.